The van der Waals surface area contributed by atoms with Crippen LogP contribution in [0.1, 0.15) is 10.4 Å². The Morgan fingerprint density at radius 2 is 1.76 bits per heavy atom. The molecule has 1 amide bonds. The first-order valence-electron chi connectivity index (χ1n) is 10.6. The van der Waals surface area contributed by atoms with Crippen molar-refractivity contribution in [3.05, 3.63) is 40.9 Å². The predicted molar refractivity (Wildman–Crippen MR) is 132 cm³/mol. The van der Waals surface area contributed by atoms with Crippen LogP contribution in [0.5, 0.6) is 17.2 Å². The molecule has 0 bridgehead atoms. The summed E-state index contributed by atoms with van der Waals surface area (Å²) in [7, 11) is 4.59. The van der Waals surface area contributed by atoms with Crippen molar-refractivity contribution in [2.45, 2.75) is 0 Å². The zero-order valence-electron chi connectivity index (χ0n) is 18.9. The molecule has 33 heavy (non-hydrogen) atoms. The second-order valence-electron chi connectivity index (χ2n) is 7.61. The molecule has 8 nitrogen and oxygen atoms in total. The van der Waals surface area contributed by atoms with E-state index in [2.05, 4.69) is 15.1 Å². The number of halogens is 1. The molecule has 4 rings (SSSR count). The minimum Gasteiger partial charge on any atom is -0.493 e. The van der Waals surface area contributed by atoms with Crippen LogP contribution >= 0.6 is 22.9 Å². The van der Waals surface area contributed by atoms with E-state index < -0.39 is 0 Å². The summed E-state index contributed by atoms with van der Waals surface area (Å²) in [6.45, 7) is 4.95. The highest BCUT2D eigenvalue weighted by atomic mass is 35.5. The van der Waals surface area contributed by atoms with Crippen LogP contribution in [0.25, 0.3) is 10.2 Å². The van der Waals surface area contributed by atoms with Crippen LogP contribution < -0.4 is 24.4 Å². The van der Waals surface area contributed by atoms with Gasteiger partial charge in [-0.15, -0.1) is 0 Å². The highest BCUT2D eigenvalue weighted by molar-refractivity contribution is 7.22. The van der Waals surface area contributed by atoms with E-state index in [0.717, 1.165) is 53.1 Å². The molecule has 0 radical (unpaired) electrons. The molecular formula is C23H27ClN4O4S. The van der Waals surface area contributed by atoms with Crippen molar-refractivity contribution in [2.24, 2.45) is 0 Å². The van der Waals surface area contributed by atoms with Crippen LogP contribution in [0.3, 0.4) is 0 Å². The number of thiazole rings is 1. The average Bonchev–Trinajstić information content (AvgIpc) is 3.26. The maximum atomic E-state index is 12.7. The lowest BCUT2D eigenvalue weighted by Gasteiger charge is -2.34. The number of fused-ring (bicyclic) bond motifs is 1. The molecule has 1 N–H and O–H groups in total. The third kappa shape index (κ3) is 5.26. The van der Waals surface area contributed by atoms with Gasteiger partial charge >= 0.3 is 0 Å². The first-order chi connectivity index (χ1) is 16.0. The monoisotopic (exact) mass is 490 g/mol. The first kappa shape index (κ1) is 23.4. The van der Waals surface area contributed by atoms with E-state index in [0.29, 0.717) is 29.4 Å². The van der Waals surface area contributed by atoms with E-state index in [-0.39, 0.29) is 5.91 Å². The molecule has 1 saturated heterocycles. The average molecular weight is 491 g/mol. The van der Waals surface area contributed by atoms with E-state index in [4.69, 9.17) is 30.8 Å². The van der Waals surface area contributed by atoms with Crippen molar-refractivity contribution in [1.29, 1.82) is 0 Å². The molecule has 0 spiro atoms. The summed E-state index contributed by atoms with van der Waals surface area (Å²) in [6.07, 6.45) is 0. The van der Waals surface area contributed by atoms with Crippen LogP contribution in [0, 0.1) is 0 Å². The Hall–Kier alpha value is -2.75. The molecule has 0 atom stereocenters. The zero-order valence-corrected chi connectivity index (χ0v) is 20.5. The number of anilines is 1. The van der Waals surface area contributed by atoms with Gasteiger partial charge in [-0.25, -0.2) is 4.98 Å². The molecular weight excluding hydrogens is 464 g/mol. The Morgan fingerprint density at radius 3 is 2.39 bits per heavy atom. The number of carbonyl (C=O) groups excluding carboxylic acids is 1. The summed E-state index contributed by atoms with van der Waals surface area (Å²) in [5.41, 5.74) is 1.45. The lowest BCUT2D eigenvalue weighted by Crippen LogP contribution is -2.48. The fourth-order valence-electron chi connectivity index (χ4n) is 3.83. The highest BCUT2D eigenvalue weighted by Crippen LogP contribution is 2.38. The van der Waals surface area contributed by atoms with Gasteiger partial charge in [0.25, 0.3) is 5.91 Å². The molecule has 176 valence electrons. The standard InChI is InChI=1S/C23H27ClN4O4S/c1-30-18-12-15(13-19(31-2)21(18)32-3)22(29)25-6-7-27-8-10-28(11-9-27)23-26-17-5-4-16(24)14-20(17)33-23/h4-5,12-14H,6-11H2,1-3H3,(H,25,29). The first-order valence-corrected chi connectivity index (χ1v) is 11.8. The van der Waals surface area contributed by atoms with Crippen molar-refractivity contribution in [3.8, 4) is 17.2 Å². The van der Waals surface area contributed by atoms with Gasteiger partial charge in [-0.05, 0) is 30.3 Å². The number of piperazine rings is 1. The van der Waals surface area contributed by atoms with Gasteiger partial charge in [-0.1, -0.05) is 22.9 Å². The van der Waals surface area contributed by atoms with Gasteiger partial charge < -0.3 is 24.4 Å². The van der Waals surface area contributed by atoms with Gasteiger partial charge in [0.05, 0.1) is 31.5 Å². The molecule has 0 aliphatic carbocycles. The smallest absolute Gasteiger partial charge is 0.251 e. The molecule has 10 heteroatoms. The number of ether oxygens (including phenoxy) is 3. The molecule has 1 fully saturated rings. The van der Waals surface area contributed by atoms with Crippen molar-refractivity contribution < 1.29 is 19.0 Å². The Balaban J connectivity index is 1.28. The molecule has 1 aliphatic heterocycles. The minimum atomic E-state index is -0.180. The lowest BCUT2D eigenvalue weighted by atomic mass is 10.1. The van der Waals surface area contributed by atoms with Gasteiger partial charge in [-0.2, -0.15) is 0 Å². The highest BCUT2D eigenvalue weighted by Gasteiger charge is 2.21. The van der Waals surface area contributed by atoms with E-state index in [1.54, 1.807) is 23.5 Å². The predicted octanol–water partition coefficient (Wildman–Crippen LogP) is 3.53. The molecule has 0 saturated carbocycles. The number of hydrogen-bond acceptors (Lipinski definition) is 8. The van der Waals surface area contributed by atoms with Gasteiger partial charge in [0.1, 0.15) is 0 Å². The molecule has 0 unspecified atom stereocenters. The Kier molecular flexibility index (Phi) is 7.42. The fraction of sp³-hybridized carbons (Fsp3) is 0.391. The SMILES string of the molecule is COc1cc(C(=O)NCCN2CCN(c3nc4ccc(Cl)cc4s3)CC2)cc(OC)c1OC. The maximum Gasteiger partial charge on any atom is 0.251 e. The summed E-state index contributed by atoms with van der Waals surface area (Å²) in [5.74, 6) is 1.19. The molecule has 2 heterocycles. The van der Waals surface area contributed by atoms with Gasteiger partial charge in [-0.3, -0.25) is 9.69 Å². The van der Waals surface area contributed by atoms with E-state index >= 15 is 0 Å². The van der Waals surface area contributed by atoms with Gasteiger partial charge in [0, 0.05) is 49.9 Å². The number of aromatic nitrogens is 1. The topological polar surface area (TPSA) is 76.2 Å². The Bertz CT molecular complexity index is 1110. The van der Waals surface area contributed by atoms with Crippen molar-refractivity contribution in [2.75, 3.05) is 65.5 Å². The van der Waals surface area contributed by atoms with Crippen LogP contribution in [0.4, 0.5) is 5.13 Å². The number of benzene rings is 2. The summed E-state index contributed by atoms with van der Waals surface area (Å²) in [5, 5.41) is 4.75. The van der Waals surface area contributed by atoms with Crippen LogP contribution in [0.2, 0.25) is 5.02 Å². The second kappa shape index (κ2) is 10.5. The van der Waals surface area contributed by atoms with Crippen molar-refractivity contribution in [3.63, 3.8) is 0 Å². The largest absolute Gasteiger partial charge is 0.493 e. The van der Waals surface area contributed by atoms with Gasteiger partial charge in [0.15, 0.2) is 16.6 Å². The quantitative estimate of drug-likeness (QED) is 0.517. The molecule has 1 aliphatic rings. The van der Waals surface area contributed by atoms with Crippen LogP contribution in [0.15, 0.2) is 30.3 Å². The van der Waals surface area contributed by atoms with Crippen molar-refractivity contribution in [1.82, 2.24) is 15.2 Å². The second-order valence-corrected chi connectivity index (χ2v) is 9.05. The van der Waals surface area contributed by atoms with E-state index in [1.807, 2.05) is 18.2 Å². The van der Waals surface area contributed by atoms with E-state index in [9.17, 15) is 4.79 Å². The summed E-state index contributed by atoms with van der Waals surface area (Å²) in [4.78, 5) is 22.1. The van der Waals surface area contributed by atoms with Crippen LogP contribution in [-0.4, -0.2) is 76.4 Å². The number of rotatable bonds is 8. The number of nitrogens with zero attached hydrogens (tertiary/aromatic N) is 3. The van der Waals surface area contributed by atoms with Gasteiger partial charge in [0.2, 0.25) is 5.75 Å². The maximum absolute atomic E-state index is 12.7. The molecule has 3 aromatic rings. The van der Waals surface area contributed by atoms with Crippen LogP contribution in [-0.2, 0) is 0 Å². The third-order valence-electron chi connectivity index (χ3n) is 5.62. The normalized spacial score (nSPS) is 14.4. The third-order valence-corrected chi connectivity index (χ3v) is 6.94. The number of carbonyl (C=O) groups is 1. The number of hydrogen-bond donors (Lipinski definition) is 1. The van der Waals surface area contributed by atoms with E-state index in [1.165, 1.54) is 21.3 Å². The number of amides is 1. The Morgan fingerprint density at radius 1 is 1.06 bits per heavy atom. The lowest BCUT2D eigenvalue weighted by molar-refractivity contribution is 0.0947. The number of nitrogens with one attached hydrogen (secondary N) is 1. The molecule has 1 aromatic heterocycles. The zero-order chi connectivity index (χ0) is 23.4. The number of methoxy groups -OCH3 is 3. The molecule has 2 aromatic carbocycles. The summed E-state index contributed by atoms with van der Waals surface area (Å²) >= 11 is 7.77. The Labute approximate surface area is 202 Å². The summed E-state index contributed by atoms with van der Waals surface area (Å²) in [6, 6.07) is 9.11. The fourth-order valence-corrected chi connectivity index (χ4v) is 5.12. The minimum absolute atomic E-state index is 0.180. The van der Waals surface area contributed by atoms with Crippen molar-refractivity contribution >= 4 is 44.2 Å². The summed E-state index contributed by atoms with van der Waals surface area (Å²) < 4.78 is 17.1.